The van der Waals surface area contributed by atoms with Crippen molar-refractivity contribution in [3.05, 3.63) is 29.8 Å². The molecule has 1 aromatic rings. The number of rotatable bonds is 3. The number of nitrogens with one attached hydrogen (secondary N) is 1. The molecule has 1 N–H and O–H groups in total. The maximum Gasteiger partial charge on any atom is 0.446 e. The molecule has 0 aliphatic rings. The van der Waals surface area contributed by atoms with Crippen LogP contribution in [0.3, 0.4) is 0 Å². The number of carbonyl (C=O) groups is 1. The topological polar surface area (TPSA) is 29.1 Å². The molecule has 100 valence electrons. The van der Waals surface area contributed by atoms with Crippen LogP contribution in [0.1, 0.15) is 12.5 Å². The summed E-state index contributed by atoms with van der Waals surface area (Å²) in [6.45, 7) is 1.75. The van der Waals surface area contributed by atoms with Crippen LogP contribution >= 0.6 is 11.6 Å². The SMILES string of the molecule is CCc1ccccc1NC(=O)[C@](F)(Cl)C(F)(F)F. The Morgan fingerprint density at radius 3 is 2.33 bits per heavy atom. The van der Waals surface area contributed by atoms with Gasteiger partial charge in [-0.25, -0.2) is 4.39 Å². The van der Waals surface area contributed by atoms with Gasteiger partial charge < -0.3 is 5.32 Å². The fraction of sp³-hybridized carbons (Fsp3) is 0.364. The van der Waals surface area contributed by atoms with Gasteiger partial charge in [-0.2, -0.15) is 13.2 Å². The molecule has 0 fully saturated rings. The minimum absolute atomic E-state index is 0.108. The fourth-order valence-electron chi connectivity index (χ4n) is 1.28. The molecule has 0 spiro atoms. The van der Waals surface area contributed by atoms with E-state index in [2.05, 4.69) is 11.6 Å². The van der Waals surface area contributed by atoms with E-state index in [1.807, 2.05) is 5.32 Å². The van der Waals surface area contributed by atoms with Crippen molar-refractivity contribution < 1.29 is 22.4 Å². The van der Waals surface area contributed by atoms with Gasteiger partial charge in [-0.15, -0.1) is 0 Å². The van der Waals surface area contributed by atoms with Gasteiger partial charge in [-0.3, -0.25) is 4.79 Å². The molecule has 0 bridgehead atoms. The molecule has 0 saturated heterocycles. The molecule has 0 unspecified atom stereocenters. The molecular weight excluding hydrogens is 274 g/mol. The first kappa shape index (κ1) is 14.8. The third-order valence-corrected chi connectivity index (χ3v) is 2.67. The molecule has 0 aliphatic carbocycles. The first-order valence-electron chi connectivity index (χ1n) is 5.04. The van der Waals surface area contributed by atoms with E-state index in [-0.39, 0.29) is 5.69 Å². The lowest BCUT2D eigenvalue weighted by Gasteiger charge is -2.20. The van der Waals surface area contributed by atoms with Crippen molar-refractivity contribution in [1.82, 2.24) is 0 Å². The fourth-order valence-corrected chi connectivity index (χ4v) is 1.33. The number of aryl methyl sites for hydroxylation is 1. The highest BCUT2D eigenvalue weighted by atomic mass is 35.5. The second kappa shape index (κ2) is 5.14. The van der Waals surface area contributed by atoms with Crippen LogP contribution < -0.4 is 5.32 Å². The summed E-state index contributed by atoms with van der Waals surface area (Å²) in [6, 6.07) is 6.15. The lowest BCUT2D eigenvalue weighted by Crippen LogP contribution is -2.46. The van der Waals surface area contributed by atoms with E-state index >= 15 is 0 Å². The van der Waals surface area contributed by atoms with E-state index in [0.717, 1.165) is 0 Å². The predicted molar refractivity (Wildman–Crippen MR) is 60.2 cm³/mol. The molecule has 0 saturated carbocycles. The van der Waals surface area contributed by atoms with Gasteiger partial charge in [-0.1, -0.05) is 36.7 Å². The number of carbonyl (C=O) groups excluding carboxylic acids is 1. The Morgan fingerprint density at radius 2 is 1.83 bits per heavy atom. The monoisotopic (exact) mass is 283 g/mol. The standard InChI is InChI=1S/C11H10ClF4NO/c1-2-7-5-3-4-6-8(7)17-9(18)10(12,13)11(14,15)16/h3-6H,2H2,1H3,(H,17,18)/t10-/m1/s1. The third-order valence-electron chi connectivity index (χ3n) is 2.29. The van der Waals surface area contributed by atoms with Crippen LogP contribution in [0.5, 0.6) is 0 Å². The Labute approximate surface area is 106 Å². The van der Waals surface area contributed by atoms with Crippen molar-refractivity contribution in [2.24, 2.45) is 0 Å². The van der Waals surface area contributed by atoms with Gasteiger partial charge in [0.15, 0.2) is 0 Å². The van der Waals surface area contributed by atoms with E-state index in [4.69, 9.17) is 0 Å². The van der Waals surface area contributed by atoms with Crippen LogP contribution in [0.15, 0.2) is 24.3 Å². The Morgan fingerprint density at radius 1 is 1.28 bits per heavy atom. The van der Waals surface area contributed by atoms with Crippen LogP contribution in [0.25, 0.3) is 0 Å². The average molecular weight is 284 g/mol. The summed E-state index contributed by atoms with van der Waals surface area (Å²) in [7, 11) is 0. The third kappa shape index (κ3) is 2.93. The number of amides is 1. The Balaban J connectivity index is 2.95. The smallest absolute Gasteiger partial charge is 0.322 e. The summed E-state index contributed by atoms with van der Waals surface area (Å²) in [5.41, 5.74) is 0.692. The highest BCUT2D eigenvalue weighted by Gasteiger charge is 2.61. The van der Waals surface area contributed by atoms with Gasteiger partial charge in [0.05, 0.1) is 0 Å². The number of alkyl halides is 5. The Bertz CT molecular complexity index is 445. The minimum Gasteiger partial charge on any atom is -0.322 e. The molecule has 2 nitrogen and oxygen atoms in total. The van der Waals surface area contributed by atoms with Crippen molar-refractivity contribution >= 4 is 23.2 Å². The molecule has 0 aromatic heterocycles. The number of benzene rings is 1. The summed E-state index contributed by atoms with van der Waals surface area (Å²) >= 11 is 4.60. The van der Waals surface area contributed by atoms with E-state index in [1.165, 1.54) is 12.1 Å². The number of halogens is 5. The van der Waals surface area contributed by atoms with Crippen molar-refractivity contribution in [2.45, 2.75) is 24.6 Å². The first-order chi connectivity index (χ1) is 8.20. The van der Waals surface area contributed by atoms with Crippen LogP contribution in [-0.2, 0) is 11.2 Å². The second-order valence-corrected chi connectivity index (χ2v) is 4.06. The van der Waals surface area contributed by atoms with Gasteiger partial charge in [-0.05, 0) is 18.1 Å². The van der Waals surface area contributed by atoms with Crippen molar-refractivity contribution in [2.75, 3.05) is 5.32 Å². The molecule has 0 radical (unpaired) electrons. The van der Waals surface area contributed by atoms with E-state index in [9.17, 15) is 22.4 Å². The maximum absolute atomic E-state index is 13.1. The van der Waals surface area contributed by atoms with Crippen molar-refractivity contribution in [3.8, 4) is 0 Å². The number of hydrogen-bond acceptors (Lipinski definition) is 1. The van der Waals surface area contributed by atoms with Gasteiger partial charge in [0.1, 0.15) is 0 Å². The molecule has 7 heteroatoms. The number of para-hydroxylation sites is 1. The molecule has 1 amide bonds. The van der Waals surface area contributed by atoms with Crippen molar-refractivity contribution in [1.29, 1.82) is 0 Å². The number of hydrogen-bond donors (Lipinski definition) is 1. The predicted octanol–water partition coefficient (Wildman–Crippen LogP) is 3.65. The van der Waals surface area contributed by atoms with E-state index < -0.39 is 17.2 Å². The van der Waals surface area contributed by atoms with Crippen LogP contribution in [0.4, 0.5) is 23.2 Å². The summed E-state index contributed by atoms with van der Waals surface area (Å²) in [6.07, 6.45) is -5.00. The summed E-state index contributed by atoms with van der Waals surface area (Å²) in [5, 5.41) is -2.59. The molecule has 18 heavy (non-hydrogen) atoms. The largest absolute Gasteiger partial charge is 0.446 e. The van der Waals surface area contributed by atoms with E-state index in [0.29, 0.717) is 12.0 Å². The summed E-state index contributed by atoms with van der Waals surface area (Å²) < 4.78 is 49.7. The van der Waals surface area contributed by atoms with Crippen LogP contribution in [0, 0.1) is 0 Å². The minimum atomic E-state index is -5.47. The quantitative estimate of drug-likeness (QED) is 0.666. The Kier molecular flexibility index (Phi) is 4.21. The summed E-state index contributed by atoms with van der Waals surface area (Å²) in [5.74, 6) is -1.95. The average Bonchev–Trinajstić information content (AvgIpc) is 2.28. The normalized spacial score (nSPS) is 15.0. The van der Waals surface area contributed by atoms with Crippen molar-refractivity contribution in [3.63, 3.8) is 0 Å². The highest BCUT2D eigenvalue weighted by Crippen LogP contribution is 2.38. The Hall–Kier alpha value is -1.30. The lowest BCUT2D eigenvalue weighted by atomic mass is 10.1. The zero-order valence-corrected chi connectivity index (χ0v) is 10.1. The van der Waals surface area contributed by atoms with E-state index in [1.54, 1.807) is 19.1 Å². The van der Waals surface area contributed by atoms with Gasteiger partial charge in [0.25, 0.3) is 5.91 Å². The van der Waals surface area contributed by atoms with Gasteiger partial charge in [0, 0.05) is 5.69 Å². The maximum atomic E-state index is 13.1. The number of anilines is 1. The zero-order valence-electron chi connectivity index (χ0n) is 9.31. The molecule has 1 rings (SSSR count). The van der Waals surface area contributed by atoms with Crippen LogP contribution in [0.2, 0.25) is 0 Å². The van der Waals surface area contributed by atoms with Gasteiger partial charge in [0.2, 0.25) is 0 Å². The molecule has 0 heterocycles. The molecule has 1 aromatic carbocycles. The second-order valence-electron chi connectivity index (χ2n) is 3.54. The summed E-state index contributed by atoms with van der Waals surface area (Å²) in [4.78, 5) is 11.2. The molecular formula is C11H10ClF4NO. The highest BCUT2D eigenvalue weighted by molar-refractivity contribution is 6.36. The lowest BCUT2D eigenvalue weighted by molar-refractivity contribution is -0.197. The van der Waals surface area contributed by atoms with Gasteiger partial charge >= 0.3 is 11.3 Å². The first-order valence-corrected chi connectivity index (χ1v) is 5.42. The molecule has 1 atom stereocenters. The van der Waals surface area contributed by atoms with Crippen LogP contribution in [-0.4, -0.2) is 17.2 Å². The zero-order chi connectivity index (χ0) is 14.0. The molecule has 0 aliphatic heterocycles.